The minimum Gasteiger partial charge on any atom is -0.381 e. The van der Waals surface area contributed by atoms with Crippen molar-refractivity contribution in [3.05, 3.63) is 18.3 Å². The third kappa shape index (κ3) is 3.60. The van der Waals surface area contributed by atoms with E-state index in [-0.39, 0.29) is 0 Å². The van der Waals surface area contributed by atoms with Crippen molar-refractivity contribution in [3.63, 3.8) is 0 Å². The number of anilines is 2. The van der Waals surface area contributed by atoms with Gasteiger partial charge in [0, 0.05) is 19.1 Å². The van der Waals surface area contributed by atoms with E-state index < -0.39 is 0 Å². The van der Waals surface area contributed by atoms with E-state index in [9.17, 15) is 0 Å². The highest BCUT2D eigenvalue weighted by molar-refractivity contribution is 5.49. The Kier molecular flexibility index (Phi) is 4.81. The van der Waals surface area contributed by atoms with Crippen LogP contribution in [0.1, 0.15) is 26.7 Å². The van der Waals surface area contributed by atoms with Gasteiger partial charge in [-0.2, -0.15) is 0 Å². The molecule has 4 nitrogen and oxygen atoms in total. The van der Waals surface area contributed by atoms with Crippen molar-refractivity contribution >= 4 is 11.5 Å². The second kappa shape index (κ2) is 6.59. The zero-order chi connectivity index (χ0) is 12.8. The van der Waals surface area contributed by atoms with Crippen LogP contribution in [0.5, 0.6) is 0 Å². The van der Waals surface area contributed by atoms with Gasteiger partial charge in [-0.3, -0.25) is 0 Å². The zero-order valence-electron chi connectivity index (χ0n) is 11.4. The lowest BCUT2D eigenvalue weighted by Gasteiger charge is -2.27. The number of hydrogen-bond acceptors (Lipinski definition) is 4. The maximum atomic E-state index is 5.34. The van der Waals surface area contributed by atoms with Crippen LogP contribution in [0, 0.1) is 0 Å². The van der Waals surface area contributed by atoms with Gasteiger partial charge >= 0.3 is 0 Å². The van der Waals surface area contributed by atoms with Crippen LogP contribution in [-0.2, 0) is 4.74 Å². The summed E-state index contributed by atoms with van der Waals surface area (Å²) in [5.74, 6) is 1.05. The molecule has 1 atom stereocenters. The number of ether oxygens (including phenoxy) is 1. The molecule has 1 aromatic rings. The molecule has 0 aromatic carbocycles. The first-order valence-corrected chi connectivity index (χ1v) is 6.85. The number of rotatable bonds is 5. The summed E-state index contributed by atoms with van der Waals surface area (Å²) in [4.78, 5) is 6.79. The highest BCUT2D eigenvalue weighted by atomic mass is 16.5. The number of pyridine rings is 1. The molecule has 2 heterocycles. The maximum Gasteiger partial charge on any atom is 0.128 e. The lowest BCUT2D eigenvalue weighted by molar-refractivity contribution is 0.122. The smallest absolute Gasteiger partial charge is 0.128 e. The summed E-state index contributed by atoms with van der Waals surface area (Å²) in [6, 6.07) is 4.71. The Hall–Kier alpha value is -1.29. The number of morpholine rings is 1. The Morgan fingerprint density at radius 2 is 2.17 bits per heavy atom. The lowest BCUT2D eigenvalue weighted by Crippen LogP contribution is -2.36. The van der Waals surface area contributed by atoms with Gasteiger partial charge in [0.1, 0.15) is 5.82 Å². The third-order valence-electron chi connectivity index (χ3n) is 3.22. The minimum absolute atomic E-state index is 0.506. The molecule has 1 N–H and O–H groups in total. The Bertz CT molecular complexity index is 347. The molecule has 100 valence electrons. The third-order valence-corrected chi connectivity index (χ3v) is 3.22. The van der Waals surface area contributed by atoms with E-state index >= 15 is 0 Å². The molecule has 0 saturated carbocycles. The predicted octanol–water partition coefficient (Wildman–Crippen LogP) is 2.52. The van der Waals surface area contributed by atoms with Crippen molar-refractivity contribution in [2.24, 2.45) is 0 Å². The molecule has 1 fully saturated rings. The van der Waals surface area contributed by atoms with E-state index in [0.717, 1.165) is 37.8 Å². The summed E-state index contributed by atoms with van der Waals surface area (Å²) in [6.07, 6.45) is 4.32. The molecule has 0 spiro atoms. The standard InChI is InChI=1S/C14H23N3O/c1-3-4-12(2)16-13-5-6-14(15-11-13)17-7-9-18-10-8-17/h5-6,11-12,16H,3-4,7-10H2,1-2H3. The van der Waals surface area contributed by atoms with Crippen molar-refractivity contribution in [1.29, 1.82) is 0 Å². The van der Waals surface area contributed by atoms with Crippen molar-refractivity contribution < 1.29 is 4.74 Å². The normalized spacial score (nSPS) is 17.6. The molecule has 1 saturated heterocycles. The van der Waals surface area contributed by atoms with Gasteiger partial charge in [0.25, 0.3) is 0 Å². The van der Waals surface area contributed by atoms with Crippen LogP contribution in [0.4, 0.5) is 11.5 Å². The quantitative estimate of drug-likeness (QED) is 0.870. The highest BCUT2D eigenvalue weighted by Gasteiger charge is 2.12. The average Bonchev–Trinajstić information content (AvgIpc) is 2.41. The molecular weight excluding hydrogens is 226 g/mol. The minimum atomic E-state index is 0.506. The summed E-state index contributed by atoms with van der Waals surface area (Å²) < 4.78 is 5.34. The van der Waals surface area contributed by atoms with Gasteiger partial charge in [-0.05, 0) is 25.5 Å². The van der Waals surface area contributed by atoms with Crippen LogP contribution in [0.15, 0.2) is 18.3 Å². The molecule has 4 heteroatoms. The van der Waals surface area contributed by atoms with Crippen LogP contribution in [-0.4, -0.2) is 37.3 Å². The highest BCUT2D eigenvalue weighted by Crippen LogP contribution is 2.16. The van der Waals surface area contributed by atoms with E-state index in [1.807, 2.05) is 6.20 Å². The van der Waals surface area contributed by atoms with Gasteiger partial charge < -0.3 is 15.0 Å². The first-order chi connectivity index (χ1) is 8.79. The Morgan fingerprint density at radius 3 is 2.78 bits per heavy atom. The lowest BCUT2D eigenvalue weighted by atomic mass is 10.2. The first-order valence-electron chi connectivity index (χ1n) is 6.85. The van der Waals surface area contributed by atoms with E-state index in [1.54, 1.807) is 0 Å². The van der Waals surface area contributed by atoms with E-state index in [2.05, 4.69) is 41.2 Å². The molecule has 2 rings (SSSR count). The molecule has 0 bridgehead atoms. The molecule has 1 aliphatic rings. The number of aromatic nitrogens is 1. The molecule has 0 amide bonds. The molecule has 1 aromatic heterocycles. The van der Waals surface area contributed by atoms with Gasteiger partial charge in [0.15, 0.2) is 0 Å². The van der Waals surface area contributed by atoms with Crippen LogP contribution in [0.3, 0.4) is 0 Å². The molecule has 0 aliphatic carbocycles. The molecule has 18 heavy (non-hydrogen) atoms. The summed E-state index contributed by atoms with van der Waals surface area (Å²) in [7, 11) is 0. The van der Waals surface area contributed by atoms with Crippen LogP contribution < -0.4 is 10.2 Å². The Labute approximate surface area is 109 Å². The largest absolute Gasteiger partial charge is 0.381 e. The SMILES string of the molecule is CCCC(C)Nc1ccc(N2CCOCC2)nc1. The fourth-order valence-electron chi connectivity index (χ4n) is 2.24. The fourth-order valence-corrected chi connectivity index (χ4v) is 2.24. The van der Waals surface area contributed by atoms with Gasteiger partial charge in [0.2, 0.25) is 0 Å². The second-order valence-electron chi connectivity index (χ2n) is 4.84. The van der Waals surface area contributed by atoms with Gasteiger partial charge in [-0.25, -0.2) is 4.98 Å². The van der Waals surface area contributed by atoms with Crippen LogP contribution in [0.2, 0.25) is 0 Å². The topological polar surface area (TPSA) is 37.4 Å². The van der Waals surface area contributed by atoms with Crippen molar-refractivity contribution in [2.45, 2.75) is 32.7 Å². The summed E-state index contributed by atoms with van der Waals surface area (Å²) in [5, 5.41) is 3.47. The first kappa shape index (κ1) is 13.1. The van der Waals surface area contributed by atoms with E-state index in [4.69, 9.17) is 4.74 Å². The molecular formula is C14H23N3O. The summed E-state index contributed by atoms with van der Waals surface area (Å²) >= 11 is 0. The van der Waals surface area contributed by atoms with Gasteiger partial charge in [0.05, 0.1) is 25.1 Å². The van der Waals surface area contributed by atoms with E-state index in [0.29, 0.717) is 6.04 Å². The predicted molar refractivity (Wildman–Crippen MR) is 75.3 cm³/mol. The second-order valence-corrected chi connectivity index (χ2v) is 4.84. The monoisotopic (exact) mass is 249 g/mol. The number of hydrogen-bond donors (Lipinski definition) is 1. The van der Waals surface area contributed by atoms with Gasteiger partial charge in [-0.15, -0.1) is 0 Å². The van der Waals surface area contributed by atoms with E-state index in [1.165, 1.54) is 12.8 Å². The molecule has 0 radical (unpaired) electrons. The molecule has 1 aliphatic heterocycles. The van der Waals surface area contributed by atoms with Crippen LogP contribution >= 0.6 is 0 Å². The van der Waals surface area contributed by atoms with Crippen LogP contribution in [0.25, 0.3) is 0 Å². The Balaban J connectivity index is 1.92. The van der Waals surface area contributed by atoms with Crippen molar-refractivity contribution in [3.8, 4) is 0 Å². The summed E-state index contributed by atoms with van der Waals surface area (Å²) in [5.41, 5.74) is 1.10. The van der Waals surface area contributed by atoms with Crippen molar-refractivity contribution in [2.75, 3.05) is 36.5 Å². The van der Waals surface area contributed by atoms with Gasteiger partial charge in [-0.1, -0.05) is 13.3 Å². The Morgan fingerprint density at radius 1 is 1.39 bits per heavy atom. The average molecular weight is 249 g/mol. The fraction of sp³-hybridized carbons (Fsp3) is 0.643. The zero-order valence-corrected chi connectivity index (χ0v) is 11.4. The number of nitrogens with zero attached hydrogens (tertiary/aromatic N) is 2. The van der Waals surface area contributed by atoms with Crippen molar-refractivity contribution in [1.82, 2.24) is 4.98 Å². The summed E-state index contributed by atoms with van der Waals surface area (Å²) in [6.45, 7) is 7.89. The molecule has 1 unspecified atom stereocenters. The maximum absolute atomic E-state index is 5.34. The number of nitrogens with one attached hydrogen (secondary N) is 1.